The van der Waals surface area contributed by atoms with Crippen molar-refractivity contribution in [2.45, 2.75) is 38.5 Å². The molecule has 1 amide bonds. The molecular weight excluding hydrogens is 352 g/mol. The van der Waals surface area contributed by atoms with E-state index in [9.17, 15) is 31.1 Å². The van der Waals surface area contributed by atoms with Crippen LogP contribution in [0.5, 0.6) is 5.75 Å². The Bertz CT molecular complexity index is 585. The minimum atomic E-state index is -4.62. The van der Waals surface area contributed by atoms with Crippen LogP contribution in [0.3, 0.4) is 0 Å². The zero-order valence-electron chi connectivity index (χ0n) is 13.6. The van der Waals surface area contributed by atoms with Crippen LogP contribution in [-0.2, 0) is 4.79 Å². The van der Waals surface area contributed by atoms with Crippen LogP contribution in [0.15, 0.2) is 24.3 Å². The van der Waals surface area contributed by atoms with Gasteiger partial charge in [-0.3, -0.25) is 4.79 Å². The molecule has 0 radical (unpaired) electrons. The van der Waals surface area contributed by atoms with Crippen molar-refractivity contribution in [3.8, 4) is 5.75 Å². The highest BCUT2D eigenvalue weighted by molar-refractivity contribution is 5.78. The number of benzene rings is 1. The Kier molecular flexibility index (Phi) is 6.73. The lowest BCUT2D eigenvalue weighted by molar-refractivity contribution is -0.193. The number of carbonyl (C=O) groups is 1. The molecule has 1 rings (SSSR count). The van der Waals surface area contributed by atoms with E-state index in [2.05, 4.69) is 4.74 Å². The predicted octanol–water partition coefficient (Wildman–Crippen LogP) is 4.42. The van der Waals surface area contributed by atoms with Gasteiger partial charge in [-0.1, -0.05) is 26.0 Å². The van der Waals surface area contributed by atoms with Crippen LogP contribution >= 0.6 is 0 Å². The molecule has 1 aromatic rings. The number of hydrogen-bond donors (Lipinski definition) is 1. The topological polar surface area (TPSA) is 52.3 Å². The quantitative estimate of drug-likeness (QED) is 0.722. The summed E-state index contributed by atoms with van der Waals surface area (Å²) in [7, 11) is 0. The van der Waals surface area contributed by atoms with Crippen LogP contribution in [0, 0.1) is 11.8 Å². The number of carbonyl (C=O) groups excluding carboxylic acids is 1. The summed E-state index contributed by atoms with van der Waals surface area (Å²) < 4.78 is 80.8. The Morgan fingerprint density at radius 1 is 1.20 bits per heavy atom. The van der Waals surface area contributed by atoms with Gasteiger partial charge in [0.2, 0.25) is 5.91 Å². The van der Waals surface area contributed by atoms with E-state index >= 15 is 0 Å². The van der Waals surface area contributed by atoms with E-state index in [0.29, 0.717) is 0 Å². The molecule has 25 heavy (non-hydrogen) atoms. The Morgan fingerprint density at radius 2 is 1.80 bits per heavy atom. The molecule has 1 aromatic carbocycles. The van der Waals surface area contributed by atoms with Gasteiger partial charge in [0.1, 0.15) is 5.75 Å². The van der Waals surface area contributed by atoms with Gasteiger partial charge in [0, 0.05) is 0 Å². The van der Waals surface area contributed by atoms with Gasteiger partial charge >= 0.3 is 12.4 Å². The minimum Gasteiger partial charge on any atom is -0.484 e. The lowest BCUT2D eigenvalue weighted by Gasteiger charge is -2.30. The zero-order valence-corrected chi connectivity index (χ0v) is 13.6. The molecule has 0 fully saturated rings. The highest BCUT2D eigenvalue weighted by Crippen LogP contribution is 2.41. The van der Waals surface area contributed by atoms with Crippen LogP contribution < -0.4 is 10.5 Å². The molecule has 0 bridgehead atoms. The summed E-state index contributed by atoms with van der Waals surface area (Å²) in [5.41, 5.74) is 5.42. The Balaban J connectivity index is 3.09. The second-order valence-corrected chi connectivity index (χ2v) is 5.75. The van der Waals surface area contributed by atoms with Gasteiger partial charge < -0.3 is 10.5 Å². The molecule has 0 saturated heterocycles. The van der Waals surface area contributed by atoms with E-state index in [-0.39, 0.29) is 17.7 Å². The SMILES string of the molecule is CCC(C(C(N)=O)[C@H](C)c1cccc(OCC(F)(F)F)c1)C(F)(F)F. The lowest BCUT2D eigenvalue weighted by atomic mass is 9.77. The maximum Gasteiger partial charge on any atom is 0.422 e. The van der Waals surface area contributed by atoms with E-state index in [1.165, 1.54) is 38.1 Å². The average molecular weight is 371 g/mol. The summed E-state index contributed by atoms with van der Waals surface area (Å²) in [6, 6.07) is 5.21. The van der Waals surface area contributed by atoms with Crippen molar-refractivity contribution in [3.05, 3.63) is 29.8 Å². The summed E-state index contributed by atoms with van der Waals surface area (Å²) in [6.45, 7) is 1.15. The normalized spacial score (nSPS) is 16.2. The number of nitrogens with two attached hydrogens (primary N) is 1. The molecule has 0 heterocycles. The second-order valence-electron chi connectivity index (χ2n) is 5.75. The average Bonchev–Trinajstić information content (AvgIpc) is 2.47. The first-order valence-electron chi connectivity index (χ1n) is 7.52. The highest BCUT2D eigenvalue weighted by Gasteiger charge is 2.47. The molecule has 3 atom stereocenters. The number of hydrogen-bond acceptors (Lipinski definition) is 2. The molecule has 0 aliphatic rings. The van der Waals surface area contributed by atoms with Crippen molar-refractivity contribution in [1.82, 2.24) is 0 Å². The Labute approximate surface area is 141 Å². The summed E-state index contributed by atoms with van der Waals surface area (Å²) in [6.07, 6.45) is -9.50. The van der Waals surface area contributed by atoms with E-state index in [4.69, 9.17) is 5.73 Å². The number of amides is 1. The molecule has 3 nitrogen and oxygen atoms in total. The maximum atomic E-state index is 13.2. The number of rotatable bonds is 7. The first-order chi connectivity index (χ1) is 11.4. The first kappa shape index (κ1) is 21.1. The van der Waals surface area contributed by atoms with Gasteiger partial charge in [-0.15, -0.1) is 0 Å². The first-order valence-corrected chi connectivity index (χ1v) is 7.52. The van der Waals surface area contributed by atoms with Crippen molar-refractivity contribution in [2.75, 3.05) is 6.61 Å². The zero-order chi connectivity index (χ0) is 19.4. The second kappa shape index (κ2) is 7.97. The molecule has 0 aliphatic heterocycles. The molecule has 2 unspecified atom stereocenters. The number of ether oxygens (including phenoxy) is 1. The molecular formula is C16H19F6NO2. The third-order valence-corrected chi connectivity index (χ3v) is 3.95. The van der Waals surface area contributed by atoms with Gasteiger partial charge in [-0.25, -0.2) is 0 Å². The fraction of sp³-hybridized carbons (Fsp3) is 0.562. The van der Waals surface area contributed by atoms with Gasteiger partial charge in [0.25, 0.3) is 0 Å². The summed E-state index contributed by atoms with van der Waals surface area (Å²) >= 11 is 0. The minimum absolute atomic E-state index is 0.148. The highest BCUT2D eigenvalue weighted by atomic mass is 19.4. The largest absolute Gasteiger partial charge is 0.484 e. The van der Waals surface area contributed by atoms with Gasteiger partial charge in [-0.05, 0) is 30.0 Å². The monoisotopic (exact) mass is 371 g/mol. The Morgan fingerprint density at radius 3 is 2.24 bits per heavy atom. The fourth-order valence-electron chi connectivity index (χ4n) is 2.74. The molecule has 9 heteroatoms. The van der Waals surface area contributed by atoms with Crippen LogP contribution in [-0.4, -0.2) is 24.9 Å². The standard InChI is InChI=1S/C16H19F6NO2/c1-3-12(16(20,21)22)13(14(23)24)9(2)10-5-4-6-11(7-10)25-8-15(17,18)19/h4-7,9,12-13H,3,8H2,1-2H3,(H2,23,24)/t9-,12?,13?/m1/s1. The third kappa shape index (κ3) is 6.13. The number of primary amides is 1. The number of halogens is 6. The Hall–Kier alpha value is -1.93. The van der Waals surface area contributed by atoms with Crippen molar-refractivity contribution in [1.29, 1.82) is 0 Å². The number of alkyl halides is 6. The molecule has 2 N–H and O–H groups in total. The van der Waals surface area contributed by atoms with E-state index in [1.807, 2.05) is 0 Å². The third-order valence-electron chi connectivity index (χ3n) is 3.95. The smallest absolute Gasteiger partial charge is 0.422 e. The van der Waals surface area contributed by atoms with E-state index < -0.39 is 42.6 Å². The van der Waals surface area contributed by atoms with Crippen LogP contribution in [0.2, 0.25) is 0 Å². The molecule has 0 saturated carbocycles. The maximum absolute atomic E-state index is 13.2. The van der Waals surface area contributed by atoms with Crippen LogP contribution in [0.4, 0.5) is 26.3 Å². The van der Waals surface area contributed by atoms with Gasteiger partial charge in [0.15, 0.2) is 6.61 Å². The van der Waals surface area contributed by atoms with Gasteiger partial charge in [0.05, 0.1) is 11.8 Å². The van der Waals surface area contributed by atoms with Crippen molar-refractivity contribution >= 4 is 5.91 Å². The molecule has 142 valence electrons. The summed E-state index contributed by atoms with van der Waals surface area (Å²) in [5.74, 6) is -5.69. The van der Waals surface area contributed by atoms with Crippen LogP contribution in [0.25, 0.3) is 0 Å². The van der Waals surface area contributed by atoms with E-state index in [1.54, 1.807) is 0 Å². The van der Waals surface area contributed by atoms with Crippen molar-refractivity contribution < 1.29 is 35.9 Å². The summed E-state index contributed by atoms with van der Waals surface area (Å²) in [5, 5.41) is 0. The lowest BCUT2D eigenvalue weighted by Crippen LogP contribution is -2.40. The van der Waals surface area contributed by atoms with Crippen LogP contribution in [0.1, 0.15) is 31.7 Å². The summed E-state index contributed by atoms with van der Waals surface area (Å²) in [4.78, 5) is 11.6. The van der Waals surface area contributed by atoms with E-state index in [0.717, 1.165) is 0 Å². The predicted molar refractivity (Wildman–Crippen MR) is 78.9 cm³/mol. The van der Waals surface area contributed by atoms with Crippen molar-refractivity contribution in [2.24, 2.45) is 17.6 Å². The molecule has 0 aromatic heterocycles. The fourth-order valence-corrected chi connectivity index (χ4v) is 2.74. The van der Waals surface area contributed by atoms with Crippen molar-refractivity contribution in [3.63, 3.8) is 0 Å². The van der Waals surface area contributed by atoms with Gasteiger partial charge in [-0.2, -0.15) is 26.3 Å². The molecule has 0 spiro atoms. The molecule has 0 aliphatic carbocycles.